The van der Waals surface area contributed by atoms with Crippen molar-refractivity contribution in [2.75, 3.05) is 13.2 Å². The summed E-state index contributed by atoms with van der Waals surface area (Å²) in [4.78, 5) is 35.8. The van der Waals surface area contributed by atoms with E-state index in [0.717, 1.165) is 38.5 Å². The van der Waals surface area contributed by atoms with Crippen molar-refractivity contribution in [2.24, 2.45) is 0 Å². The number of unbranched alkanes of at least 4 members (excludes halogenated alkanes) is 30. The molecule has 13 nitrogen and oxygen atoms in total. The van der Waals surface area contributed by atoms with Gasteiger partial charge in [-0.25, -0.2) is 4.57 Å². The Morgan fingerprint density at radius 3 is 1.19 bits per heavy atom. The number of phosphoric acid groups is 1. The second-order valence-corrected chi connectivity index (χ2v) is 19.8. The number of hydrogen-bond donors (Lipinski definition) is 6. The normalized spacial score (nSPS) is 21.6. The first-order chi connectivity index (χ1) is 30.9. The van der Waals surface area contributed by atoms with Gasteiger partial charge >= 0.3 is 19.8 Å². The predicted octanol–water partition coefficient (Wildman–Crippen LogP) is 11.0. The highest BCUT2D eigenvalue weighted by Gasteiger charge is 2.51. The Morgan fingerprint density at radius 1 is 0.469 bits per heavy atom. The zero-order valence-electron chi connectivity index (χ0n) is 40.3. The van der Waals surface area contributed by atoms with E-state index in [2.05, 4.69) is 26.0 Å². The van der Waals surface area contributed by atoms with Gasteiger partial charge in [0.05, 0.1) is 6.61 Å². The summed E-state index contributed by atoms with van der Waals surface area (Å²) >= 11 is 0. The molecule has 0 aliphatic heterocycles. The number of esters is 2. The maximum Gasteiger partial charge on any atom is 0.472 e. The number of carbonyl (C=O) groups is 2. The summed E-state index contributed by atoms with van der Waals surface area (Å²) in [6.45, 7) is 3.33. The number of allylic oxidation sites excluding steroid dienone is 2. The van der Waals surface area contributed by atoms with Gasteiger partial charge < -0.3 is 39.9 Å². The van der Waals surface area contributed by atoms with Crippen molar-refractivity contribution in [3.8, 4) is 0 Å². The molecular formula is C50H95O13P. The van der Waals surface area contributed by atoms with Gasteiger partial charge in [0, 0.05) is 12.8 Å². The second kappa shape index (κ2) is 40.6. The summed E-state index contributed by atoms with van der Waals surface area (Å²) in [7, 11) is -5.12. The third-order valence-electron chi connectivity index (χ3n) is 12.4. The smallest absolute Gasteiger partial charge is 0.462 e. The van der Waals surface area contributed by atoms with Crippen molar-refractivity contribution >= 4 is 19.8 Å². The lowest BCUT2D eigenvalue weighted by Crippen LogP contribution is -2.64. The van der Waals surface area contributed by atoms with E-state index >= 15 is 0 Å². The van der Waals surface area contributed by atoms with Crippen LogP contribution in [0.5, 0.6) is 0 Å². The van der Waals surface area contributed by atoms with Crippen LogP contribution in [0.25, 0.3) is 0 Å². The van der Waals surface area contributed by atoms with Crippen LogP contribution in [0.3, 0.4) is 0 Å². The minimum atomic E-state index is -5.12. The van der Waals surface area contributed by atoms with Gasteiger partial charge in [-0.2, -0.15) is 0 Å². The molecular weight excluding hydrogens is 840 g/mol. The SMILES string of the molecule is CCCCCCCC/C=C/CCCCCCCCCCCC(=O)OC[C@@H](COP(=O)(O)OC1C(O)C(O)C(O)[C@H](O)C1O)OC(=O)CCCCCCCCCCCCCCCCCC. The first-order valence-electron chi connectivity index (χ1n) is 26.0. The first kappa shape index (κ1) is 60.6. The van der Waals surface area contributed by atoms with Crippen molar-refractivity contribution < 1.29 is 63.1 Å². The zero-order valence-corrected chi connectivity index (χ0v) is 41.2. The Balaban J connectivity index is 2.38. The third-order valence-corrected chi connectivity index (χ3v) is 13.3. The van der Waals surface area contributed by atoms with Crippen LogP contribution in [0.2, 0.25) is 0 Å². The summed E-state index contributed by atoms with van der Waals surface area (Å²) in [5, 5.41) is 50.2. The van der Waals surface area contributed by atoms with Gasteiger partial charge in [0.15, 0.2) is 6.10 Å². The first-order valence-corrected chi connectivity index (χ1v) is 27.5. The van der Waals surface area contributed by atoms with Crippen molar-refractivity contribution in [3.63, 3.8) is 0 Å². The van der Waals surface area contributed by atoms with Crippen molar-refractivity contribution in [1.82, 2.24) is 0 Å². The lowest BCUT2D eigenvalue weighted by atomic mass is 9.85. The number of carbonyl (C=O) groups excluding carboxylic acids is 2. The van der Waals surface area contributed by atoms with Gasteiger partial charge in [0.2, 0.25) is 0 Å². The van der Waals surface area contributed by atoms with Crippen LogP contribution in [-0.2, 0) is 32.7 Å². The molecule has 0 aromatic heterocycles. The number of aliphatic hydroxyl groups excluding tert-OH is 5. The van der Waals surface area contributed by atoms with Crippen molar-refractivity contribution in [2.45, 2.75) is 281 Å². The molecule has 64 heavy (non-hydrogen) atoms. The van der Waals surface area contributed by atoms with Crippen LogP contribution in [0.4, 0.5) is 0 Å². The third kappa shape index (κ3) is 32.3. The Labute approximate surface area is 388 Å². The van der Waals surface area contributed by atoms with Gasteiger partial charge in [-0.1, -0.05) is 199 Å². The van der Waals surface area contributed by atoms with Crippen molar-refractivity contribution in [3.05, 3.63) is 12.2 Å². The molecule has 0 aromatic carbocycles. The molecule has 6 N–H and O–H groups in total. The molecule has 1 aliphatic rings. The fourth-order valence-electron chi connectivity index (χ4n) is 8.17. The van der Waals surface area contributed by atoms with E-state index in [-0.39, 0.29) is 12.8 Å². The molecule has 0 radical (unpaired) electrons. The van der Waals surface area contributed by atoms with Crippen LogP contribution >= 0.6 is 7.82 Å². The van der Waals surface area contributed by atoms with E-state index < -0.39 is 75.7 Å². The van der Waals surface area contributed by atoms with Crippen LogP contribution in [-0.4, -0.2) is 98.3 Å². The van der Waals surface area contributed by atoms with E-state index in [4.69, 9.17) is 18.5 Å². The number of ether oxygens (including phenoxy) is 2. The van der Waals surface area contributed by atoms with Gasteiger partial charge in [-0.15, -0.1) is 0 Å². The molecule has 0 spiro atoms. The molecule has 0 heterocycles. The fraction of sp³-hybridized carbons (Fsp3) is 0.920. The number of rotatable bonds is 44. The number of aliphatic hydroxyl groups is 5. The van der Waals surface area contributed by atoms with Crippen LogP contribution in [0.1, 0.15) is 239 Å². The van der Waals surface area contributed by atoms with Crippen molar-refractivity contribution in [1.29, 1.82) is 0 Å². The molecule has 1 fully saturated rings. The minimum absolute atomic E-state index is 0.103. The average molecular weight is 935 g/mol. The maximum absolute atomic E-state index is 12.8. The Hall–Kier alpha value is -1.41. The topological polar surface area (TPSA) is 210 Å². The summed E-state index contributed by atoms with van der Waals surface area (Å²) in [5.41, 5.74) is 0. The molecule has 378 valence electrons. The fourth-order valence-corrected chi connectivity index (χ4v) is 9.14. The second-order valence-electron chi connectivity index (χ2n) is 18.4. The van der Waals surface area contributed by atoms with E-state index in [1.165, 1.54) is 161 Å². The quantitative estimate of drug-likeness (QED) is 0.0146. The highest BCUT2D eigenvalue weighted by molar-refractivity contribution is 7.47. The lowest BCUT2D eigenvalue weighted by Gasteiger charge is -2.41. The number of phosphoric ester groups is 1. The van der Waals surface area contributed by atoms with Gasteiger partial charge in [-0.05, 0) is 38.5 Å². The molecule has 0 aromatic rings. The molecule has 14 heteroatoms. The number of hydrogen-bond acceptors (Lipinski definition) is 12. The molecule has 6 unspecified atom stereocenters. The van der Waals surface area contributed by atoms with E-state index in [0.29, 0.717) is 12.8 Å². The lowest BCUT2D eigenvalue weighted by molar-refractivity contribution is -0.220. The maximum atomic E-state index is 12.8. The van der Waals surface area contributed by atoms with Gasteiger partial charge in [-0.3, -0.25) is 18.6 Å². The van der Waals surface area contributed by atoms with E-state index in [9.17, 15) is 44.6 Å². The predicted molar refractivity (Wildman–Crippen MR) is 254 cm³/mol. The Bertz CT molecular complexity index is 1170. The average Bonchev–Trinajstić information content (AvgIpc) is 3.28. The monoisotopic (exact) mass is 935 g/mol. The van der Waals surface area contributed by atoms with Crippen LogP contribution in [0, 0.1) is 0 Å². The largest absolute Gasteiger partial charge is 0.472 e. The minimum Gasteiger partial charge on any atom is -0.462 e. The van der Waals surface area contributed by atoms with E-state index in [1.54, 1.807) is 0 Å². The zero-order chi connectivity index (χ0) is 47.1. The van der Waals surface area contributed by atoms with E-state index in [1.807, 2.05) is 0 Å². The highest BCUT2D eigenvalue weighted by Crippen LogP contribution is 2.47. The summed E-state index contributed by atoms with van der Waals surface area (Å²) < 4.78 is 33.6. The molecule has 0 amide bonds. The summed E-state index contributed by atoms with van der Waals surface area (Å²) in [6.07, 6.45) is 31.1. The molecule has 0 bridgehead atoms. The van der Waals surface area contributed by atoms with Crippen LogP contribution < -0.4 is 0 Å². The van der Waals surface area contributed by atoms with Crippen LogP contribution in [0.15, 0.2) is 12.2 Å². The van der Waals surface area contributed by atoms with Gasteiger partial charge in [0.25, 0.3) is 0 Å². The summed E-state index contributed by atoms with van der Waals surface area (Å²) in [5.74, 6) is -1.09. The Kier molecular flexibility index (Phi) is 38.5. The highest BCUT2D eigenvalue weighted by atomic mass is 31.2. The standard InChI is InChI=1S/C50H95O13P/c1-3-5-7-9-11-13-15-17-19-21-22-23-25-26-28-30-32-34-36-38-43(51)60-40-42(41-61-64(58,59)63-50-48(56)46(54)45(53)47(55)49(50)57)62-44(52)39-37-35-33-31-29-27-24-20-18-16-14-12-10-8-6-4-2/h17,19,42,45-50,53-57H,3-16,18,20-41H2,1-2H3,(H,58,59)/b19-17+/t42-,45?,46-,47?,48?,49?,50?/m0/s1. The molecule has 1 rings (SSSR count). The summed E-state index contributed by atoms with van der Waals surface area (Å²) in [6, 6.07) is 0. The van der Waals surface area contributed by atoms with Gasteiger partial charge in [0.1, 0.15) is 43.2 Å². The molecule has 1 saturated carbocycles. The molecule has 0 saturated heterocycles. The molecule has 8 atom stereocenters. The molecule has 1 aliphatic carbocycles. The Morgan fingerprint density at radius 2 is 0.797 bits per heavy atom.